The first-order valence-corrected chi connectivity index (χ1v) is 9.97. The van der Waals surface area contributed by atoms with Crippen LogP contribution in [0.1, 0.15) is 11.1 Å². The lowest BCUT2D eigenvalue weighted by Gasteiger charge is -2.10. The minimum atomic E-state index is -4.01. The Morgan fingerprint density at radius 3 is 2.48 bits per heavy atom. The van der Waals surface area contributed by atoms with Gasteiger partial charge in [-0.25, -0.2) is 22.3 Å². The van der Waals surface area contributed by atoms with E-state index in [2.05, 4.69) is 20.7 Å². The first-order chi connectivity index (χ1) is 12.7. The lowest BCUT2D eigenvalue weighted by molar-refractivity contribution is 0.573. The molecule has 3 aromatic rings. The van der Waals surface area contributed by atoms with Gasteiger partial charge in [0.2, 0.25) is 10.0 Å². The molecule has 0 fully saturated rings. The molecule has 0 saturated heterocycles. The summed E-state index contributed by atoms with van der Waals surface area (Å²) in [5.74, 6) is -0.761. The Labute approximate surface area is 162 Å². The number of nitriles is 1. The average Bonchev–Trinajstić information content (AvgIpc) is 2.84. The number of hydrogen-bond donors (Lipinski definition) is 1. The van der Waals surface area contributed by atoms with Crippen LogP contribution in [0.5, 0.6) is 0 Å². The van der Waals surface area contributed by atoms with E-state index in [0.717, 1.165) is 0 Å². The lowest BCUT2D eigenvalue weighted by Crippen LogP contribution is -2.24. The molecule has 10 heteroatoms. The smallest absolute Gasteiger partial charge is 0.295 e. The molecule has 1 heterocycles. The van der Waals surface area contributed by atoms with Crippen LogP contribution in [0.25, 0.3) is 11.0 Å². The lowest BCUT2D eigenvalue weighted by atomic mass is 10.1. The zero-order valence-corrected chi connectivity index (χ0v) is 16.7. The third-order valence-corrected chi connectivity index (χ3v) is 6.63. The molecule has 27 heavy (non-hydrogen) atoms. The number of aromatic nitrogens is 2. The molecule has 1 aromatic heterocycles. The summed E-state index contributed by atoms with van der Waals surface area (Å²) in [7, 11) is -0.870. The van der Waals surface area contributed by atoms with Gasteiger partial charge in [-0.1, -0.05) is 12.1 Å². The van der Waals surface area contributed by atoms with Crippen molar-refractivity contribution in [2.24, 2.45) is 14.1 Å². The molecule has 140 valence electrons. The number of nitrogens with zero attached hydrogens (tertiary/aromatic N) is 3. The standard InChI is InChI=1S/C17H14BrFN4O3S/c1-22-13-6-12(18)15(7-14(13)23(2)17(22)24)27(25,26)21-9-11-5-3-4-10(8-20)16(11)19/h3-7,21H,9H2,1-2H3. The van der Waals surface area contributed by atoms with Crippen molar-refractivity contribution in [1.82, 2.24) is 13.9 Å². The molecule has 0 aliphatic rings. The van der Waals surface area contributed by atoms with Crippen LogP contribution >= 0.6 is 15.9 Å². The molecule has 0 bridgehead atoms. The highest BCUT2D eigenvalue weighted by Crippen LogP contribution is 2.27. The van der Waals surface area contributed by atoms with E-state index in [1.54, 1.807) is 26.2 Å². The zero-order valence-electron chi connectivity index (χ0n) is 14.3. The van der Waals surface area contributed by atoms with Gasteiger partial charge in [0.05, 0.1) is 21.5 Å². The van der Waals surface area contributed by atoms with Crippen molar-refractivity contribution in [2.45, 2.75) is 11.4 Å². The van der Waals surface area contributed by atoms with E-state index in [1.807, 2.05) is 0 Å². The topological polar surface area (TPSA) is 96.9 Å². The first kappa shape index (κ1) is 19.3. The monoisotopic (exact) mass is 452 g/mol. The number of halogens is 2. The normalized spacial score (nSPS) is 11.7. The summed E-state index contributed by atoms with van der Waals surface area (Å²) in [6, 6.07) is 8.83. The van der Waals surface area contributed by atoms with Gasteiger partial charge in [-0.2, -0.15) is 5.26 Å². The van der Waals surface area contributed by atoms with Crippen molar-refractivity contribution in [3.63, 3.8) is 0 Å². The van der Waals surface area contributed by atoms with Crippen LogP contribution in [-0.2, 0) is 30.7 Å². The van der Waals surface area contributed by atoms with E-state index in [9.17, 15) is 17.6 Å². The summed E-state index contributed by atoms with van der Waals surface area (Å²) in [4.78, 5) is 12.0. The number of fused-ring (bicyclic) bond motifs is 1. The van der Waals surface area contributed by atoms with Gasteiger partial charge in [0.15, 0.2) is 0 Å². The second kappa shape index (κ2) is 6.92. The van der Waals surface area contributed by atoms with E-state index in [4.69, 9.17) is 5.26 Å². The minimum absolute atomic E-state index is 0.0573. The van der Waals surface area contributed by atoms with E-state index in [-0.39, 0.29) is 32.7 Å². The highest BCUT2D eigenvalue weighted by molar-refractivity contribution is 9.10. The molecule has 0 aliphatic heterocycles. The molecular formula is C17H14BrFN4O3S. The second-order valence-corrected chi connectivity index (χ2v) is 8.48. The molecular weight excluding hydrogens is 439 g/mol. The summed E-state index contributed by atoms with van der Waals surface area (Å²) in [6.07, 6.45) is 0. The Kier molecular flexibility index (Phi) is 4.94. The number of sulfonamides is 1. The Hall–Kier alpha value is -2.48. The Bertz CT molecular complexity index is 1270. The highest BCUT2D eigenvalue weighted by Gasteiger charge is 2.21. The predicted molar refractivity (Wildman–Crippen MR) is 101 cm³/mol. The van der Waals surface area contributed by atoms with E-state index >= 15 is 0 Å². The van der Waals surface area contributed by atoms with Crippen LogP contribution in [0.2, 0.25) is 0 Å². The maximum atomic E-state index is 14.1. The fraction of sp³-hybridized carbons (Fsp3) is 0.176. The highest BCUT2D eigenvalue weighted by atomic mass is 79.9. The van der Waals surface area contributed by atoms with Gasteiger partial charge in [-0.15, -0.1) is 0 Å². The van der Waals surface area contributed by atoms with E-state index in [0.29, 0.717) is 11.0 Å². The van der Waals surface area contributed by atoms with E-state index < -0.39 is 15.8 Å². The Morgan fingerprint density at radius 2 is 1.85 bits per heavy atom. The van der Waals surface area contributed by atoms with Crippen molar-refractivity contribution in [1.29, 1.82) is 5.26 Å². The number of imidazole rings is 1. The predicted octanol–water partition coefficient (Wildman–Crippen LogP) is 2.13. The molecule has 3 rings (SSSR count). The number of hydrogen-bond acceptors (Lipinski definition) is 4. The molecule has 0 atom stereocenters. The van der Waals surface area contributed by atoms with Gasteiger partial charge in [0.25, 0.3) is 0 Å². The van der Waals surface area contributed by atoms with Crippen LogP contribution in [-0.4, -0.2) is 17.6 Å². The van der Waals surface area contributed by atoms with Crippen LogP contribution in [0, 0.1) is 17.1 Å². The Morgan fingerprint density at radius 1 is 1.22 bits per heavy atom. The number of benzene rings is 2. The molecule has 1 N–H and O–H groups in total. The van der Waals surface area contributed by atoms with Crippen molar-refractivity contribution < 1.29 is 12.8 Å². The van der Waals surface area contributed by atoms with Gasteiger partial charge in [0.1, 0.15) is 11.9 Å². The van der Waals surface area contributed by atoms with E-state index in [1.165, 1.54) is 33.4 Å². The molecule has 0 aliphatic carbocycles. The molecule has 0 spiro atoms. The second-order valence-electron chi connectivity index (χ2n) is 5.89. The summed E-state index contributed by atoms with van der Waals surface area (Å²) >= 11 is 3.22. The van der Waals surface area contributed by atoms with Gasteiger partial charge >= 0.3 is 5.69 Å². The van der Waals surface area contributed by atoms with Crippen molar-refractivity contribution in [2.75, 3.05) is 0 Å². The van der Waals surface area contributed by atoms with Gasteiger partial charge in [0, 0.05) is 30.7 Å². The SMILES string of the molecule is Cn1c(=O)n(C)c2cc(S(=O)(=O)NCc3cccc(C#N)c3F)c(Br)cc21. The average molecular weight is 453 g/mol. The summed E-state index contributed by atoms with van der Waals surface area (Å²) in [5, 5.41) is 8.87. The summed E-state index contributed by atoms with van der Waals surface area (Å²) < 4.78 is 44.9. The number of aryl methyl sites for hydroxylation is 2. The fourth-order valence-corrected chi connectivity index (χ4v) is 4.81. The molecule has 0 unspecified atom stereocenters. The molecule has 0 amide bonds. The quantitative estimate of drug-likeness (QED) is 0.655. The molecule has 0 radical (unpaired) electrons. The van der Waals surface area contributed by atoms with Crippen molar-refractivity contribution >= 4 is 37.0 Å². The maximum Gasteiger partial charge on any atom is 0.328 e. The zero-order chi connectivity index (χ0) is 19.9. The Balaban J connectivity index is 2.01. The first-order valence-electron chi connectivity index (χ1n) is 7.69. The van der Waals surface area contributed by atoms with Crippen LogP contribution in [0.3, 0.4) is 0 Å². The van der Waals surface area contributed by atoms with Crippen LogP contribution < -0.4 is 10.4 Å². The molecule has 7 nitrogen and oxygen atoms in total. The molecule has 2 aromatic carbocycles. The van der Waals surface area contributed by atoms with Crippen LogP contribution in [0.15, 0.2) is 44.5 Å². The third-order valence-electron chi connectivity index (χ3n) is 4.27. The third kappa shape index (κ3) is 3.29. The number of rotatable bonds is 4. The van der Waals surface area contributed by atoms with Gasteiger partial charge in [-0.05, 0) is 34.1 Å². The molecule has 0 saturated carbocycles. The summed E-state index contributed by atoms with van der Waals surface area (Å²) in [5.41, 5.74) is 0.634. The maximum absolute atomic E-state index is 14.1. The van der Waals surface area contributed by atoms with Crippen LogP contribution in [0.4, 0.5) is 4.39 Å². The summed E-state index contributed by atoms with van der Waals surface area (Å²) in [6.45, 7) is -0.318. The minimum Gasteiger partial charge on any atom is -0.295 e. The van der Waals surface area contributed by atoms with Gasteiger partial charge < -0.3 is 0 Å². The largest absolute Gasteiger partial charge is 0.328 e. The van der Waals surface area contributed by atoms with Crippen molar-refractivity contribution in [3.05, 3.63) is 62.2 Å². The van der Waals surface area contributed by atoms with Crippen molar-refractivity contribution in [3.8, 4) is 6.07 Å². The van der Waals surface area contributed by atoms with Gasteiger partial charge in [-0.3, -0.25) is 9.13 Å². The fourth-order valence-electron chi connectivity index (χ4n) is 2.76. The number of nitrogens with one attached hydrogen (secondary N) is 1.